The van der Waals surface area contributed by atoms with Crippen LogP contribution in [0.5, 0.6) is 5.75 Å². The van der Waals surface area contributed by atoms with Crippen LogP contribution in [0.2, 0.25) is 0 Å². The third-order valence-corrected chi connectivity index (χ3v) is 6.47. The minimum Gasteiger partial charge on any atom is -0.489 e. The molecule has 1 aromatic carbocycles. The second-order valence-corrected chi connectivity index (χ2v) is 8.53. The number of amides is 2. The van der Waals surface area contributed by atoms with Gasteiger partial charge in [0.15, 0.2) is 0 Å². The highest BCUT2D eigenvalue weighted by Crippen LogP contribution is 2.34. The second kappa shape index (κ2) is 9.99. The molecule has 1 saturated carbocycles. The van der Waals surface area contributed by atoms with E-state index in [9.17, 15) is 14.8 Å². The summed E-state index contributed by atoms with van der Waals surface area (Å²) < 4.78 is 6.02. The first-order valence-electron chi connectivity index (χ1n) is 11.2. The number of hydroxylamine groups is 1. The monoisotopic (exact) mass is 438 g/mol. The summed E-state index contributed by atoms with van der Waals surface area (Å²) >= 11 is 0. The first-order valence-corrected chi connectivity index (χ1v) is 11.2. The van der Waals surface area contributed by atoms with Crippen molar-refractivity contribution in [3.8, 4) is 5.75 Å². The summed E-state index contributed by atoms with van der Waals surface area (Å²) in [5.74, 6) is -0.979. The van der Waals surface area contributed by atoms with E-state index in [1.165, 1.54) is 0 Å². The van der Waals surface area contributed by atoms with Crippen LogP contribution >= 0.6 is 0 Å². The van der Waals surface area contributed by atoms with Gasteiger partial charge >= 0.3 is 0 Å². The van der Waals surface area contributed by atoms with Crippen LogP contribution in [0.4, 0.5) is 5.69 Å². The molecule has 2 aromatic rings. The number of carbonyl (C=O) groups excluding carboxylic acids is 2. The summed E-state index contributed by atoms with van der Waals surface area (Å²) in [5, 5.41) is 9.28. The number of carbonyl (C=O) groups is 2. The van der Waals surface area contributed by atoms with E-state index < -0.39 is 17.7 Å². The van der Waals surface area contributed by atoms with Gasteiger partial charge in [-0.15, -0.1) is 0 Å². The smallest absolute Gasteiger partial charge is 0.247 e. The van der Waals surface area contributed by atoms with Crippen molar-refractivity contribution < 1.29 is 19.5 Å². The van der Waals surface area contributed by atoms with E-state index in [1.807, 2.05) is 42.2 Å². The number of aromatic nitrogens is 1. The summed E-state index contributed by atoms with van der Waals surface area (Å²) in [5.41, 5.74) is 3.81. The van der Waals surface area contributed by atoms with E-state index in [0.29, 0.717) is 38.1 Å². The lowest BCUT2D eigenvalue weighted by Crippen LogP contribution is -2.53. The van der Waals surface area contributed by atoms with Gasteiger partial charge in [0.05, 0.1) is 24.1 Å². The number of nitrogens with one attached hydrogen (secondary N) is 1. The van der Waals surface area contributed by atoms with Gasteiger partial charge in [0.1, 0.15) is 5.75 Å². The number of aryl methyl sites for hydroxylation is 1. The number of benzene rings is 1. The molecule has 1 unspecified atom stereocenters. The van der Waals surface area contributed by atoms with Crippen molar-refractivity contribution in [3.63, 3.8) is 0 Å². The molecule has 8 heteroatoms. The number of hydrogen-bond acceptors (Lipinski definition) is 6. The molecular weight excluding hydrogens is 408 g/mol. The number of para-hydroxylation sites is 1. The van der Waals surface area contributed by atoms with Crippen LogP contribution in [0.15, 0.2) is 48.7 Å². The van der Waals surface area contributed by atoms with Crippen LogP contribution in [-0.4, -0.2) is 59.2 Å². The molecule has 2 fully saturated rings. The molecular formula is C24H30N4O4. The molecule has 1 aromatic heterocycles. The van der Waals surface area contributed by atoms with Crippen LogP contribution in [0, 0.1) is 18.8 Å². The van der Waals surface area contributed by atoms with Crippen molar-refractivity contribution in [1.29, 1.82) is 0 Å². The Balaban J connectivity index is 1.38. The number of hydrogen-bond donors (Lipinski definition) is 2. The standard InChI is InChI=1S/C24H30N4O4/c1-17-7-8-20(16-25-17)32-19-9-10-21(22(15-19)23(29)26-31)24(30)28-13-11-27(12-14-28)18-5-3-2-4-6-18/h2-8,16,19,21-22,31H,9-15H2,1H3,(H,26,29)/t19?,21-,22-/m0/s1. The lowest BCUT2D eigenvalue weighted by atomic mass is 9.76. The molecule has 170 valence electrons. The molecule has 32 heavy (non-hydrogen) atoms. The molecule has 1 aliphatic heterocycles. The molecule has 3 atom stereocenters. The van der Waals surface area contributed by atoms with Crippen molar-refractivity contribution >= 4 is 17.5 Å². The summed E-state index contributed by atoms with van der Waals surface area (Å²) in [6.07, 6.45) is 3.05. The first-order chi connectivity index (χ1) is 15.5. The minimum atomic E-state index is -0.628. The topological polar surface area (TPSA) is 95.0 Å². The molecule has 0 radical (unpaired) electrons. The Labute approximate surface area is 188 Å². The molecule has 2 amide bonds. The summed E-state index contributed by atoms with van der Waals surface area (Å²) in [7, 11) is 0. The molecule has 1 aliphatic carbocycles. The molecule has 0 spiro atoms. The molecule has 1 saturated heterocycles. The van der Waals surface area contributed by atoms with E-state index in [1.54, 1.807) is 11.7 Å². The summed E-state index contributed by atoms with van der Waals surface area (Å²) in [6.45, 7) is 4.65. The van der Waals surface area contributed by atoms with Crippen molar-refractivity contribution in [3.05, 3.63) is 54.4 Å². The highest BCUT2D eigenvalue weighted by Gasteiger charge is 2.42. The molecule has 4 rings (SSSR count). The SMILES string of the molecule is Cc1ccc(OC2CC[C@H](C(=O)N3CCN(c4ccccc4)CC3)[C@@H](C(=O)NO)C2)cn1. The fraction of sp³-hybridized carbons (Fsp3) is 0.458. The Morgan fingerprint density at radius 1 is 1.03 bits per heavy atom. The zero-order valence-corrected chi connectivity index (χ0v) is 18.3. The normalized spacial score (nSPS) is 23.5. The van der Waals surface area contributed by atoms with Crippen LogP contribution in [0.1, 0.15) is 25.0 Å². The first kappa shape index (κ1) is 22.1. The largest absolute Gasteiger partial charge is 0.489 e. The summed E-state index contributed by atoms with van der Waals surface area (Å²) in [4.78, 5) is 34.1. The number of rotatable bonds is 5. The molecule has 2 aliphatic rings. The number of piperazine rings is 1. The van der Waals surface area contributed by atoms with Gasteiger partial charge < -0.3 is 14.5 Å². The average molecular weight is 439 g/mol. The highest BCUT2D eigenvalue weighted by atomic mass is 16.5. The van der Waals surface area contributed by atoms with Gasteiger partial charge in [-0.1, -0.05) is 18.2 Å². The van der Waals surface area contributed by atoms with E-state index in [-0.39, 0.29) is 12.0 Å². The molecule has 0 bridgehead atoms. The van der Waals surface area contributed by atoms with Crippen LogP contribution in [0.3, 0.4) is 0 Å². The fourth-order valence-corrected chi connectivity index (χ4v) is 4.68. The highest BCUT2D eigenvalue weighted by molar-refractivity contribution is 5.87. The Bertz CT molecular complexity index is 913. The van der Waals surface area contributed by atoms with Gasteiger partial charge in [-0.05, 0) is 50.5 Å². The quantitative estimate of drug-likeness (QED) is 0.550. The average Bonchev–Trinajstić information content (AvgIpc) is 2.85. The third-order valence-electron chi connectivity index (χ3n) is 6.47. The number of pyridine rings is 1. The maximum atomic E-state index is 13.3. The van der Waals surface area contributed by atoms with Crippen LogP contribution < -0.4 is 15.1 Å². The predicted molar refractivity (Wildman–Crippen MR) is 119 cm³/mol. The van der Waals surface area contributed by atoms with E-state index in [0.717, 1.165) is 24.5 Å². The molecule has 2 N–H and O–H groups in total. The minimum absolute atomic E-state index is 0.0123. The zero-order chi connectivity index (χ0) is 22.5. The molecule has 2 heterocycles. The van der Waals surface area contributed by atoms with Crippen molar-refractivity contribution in [1.82, 2.24) is 15.4 Å². The van der Waals surface area contributed by atoms with Crippen LogP contribution in [-0.2, 0) is 9.59 Å². The van der Waals surface area contributed by atoms with Crippen molar-refractivity contribution in [2.75, 3.05) is 31.1 Å². The number of ether oxygens (including phenoxy) is 1. The number of anilines is 1. The van der Waals surface area contributed by atoms with Gasteiger partial charge in [-0.3, -0.25) is 19.8 Å². The maximum Gasteiger partial charge on any atom is 0.247 e. The fourth-order valence-electron chi connectivity index (χ4n) is 4.68. The third kappa shape index (κ3) is 5.02. The Morgan fingerprint density at radius 2 is 1.78 bits per heavy atom. The van der Waals surface area contributed by atoms with Crippen molar-refractivity contribution in [2.24, 2.45) is 11.8 Å². The van der Waals surface area contributed by atoms with E-state index >= 15 is 0 Å². The Kier molecular flexibility index (Phi) is 6.90. The number of nitrogens with zero attached hydrogens (tertiary/aromatic N) is 3. The zero-order valence-electron chi connectivity index (χ0n) is 18.3. The molecule has 8 nitrogen and oxygen atoms in total. The Morgan fingerprint density at radius 3 is 2.44 bits per heavy atom. The van der Waals surface area contributed by atoms with Gasteiger partial charge in [0.25, 0.3) is 0 Å². The van der Waals surface area contributed by atoms with E-state index in [4.69, 9.17) is 4.74 Å². The van der Waals surface area contributed by atoms with Gasteiger partial charge in [0.2, 0.25) is 11.8 Å². The van der Waals surface area contributed by atoms with Crippen LogP contribution in [0.25, 0.3) is 0 Å². The van der Waals surface area contributed by atoms with Gasteiger partial charge in [0, 0.05) is 37.6 Å². The van der Waals surface area contributed by atoms with E-state index in [2.05, 4.69) is 22.0 Å². The van der Waals surface area contributed by atoms with Gasteiger partial charge in [-0.25, -0.2) is 5.48 Å². The predicted octanol–water partition coefficient (Wildman–Crippen LogP) is 2.41. The summed E-state index contributed by atoms with van der Waals surface area (Å²) in [6, 6.07) is 13.9. The van der Waals surface area contributed by atoms with Gasteiger partial charge in [-0.2, -0.15) is 0 Å². The lowest BCUT2D eigenvalue weighted by Gasteiger charge is -2.40. The second-order valence-electron chi connectivity index (χ2n) is 8.53. The Hall–Kier alpha value is -3.13. The van der Waals surface area contributed by atoms with Crippen molar-refractivity contribution in [2.45, 2.75) is 32.3 Å². The lowest BCUT2D eigenvalue weighted by molar-refractivity contribution is -0.148. The maximum absolute atomic E-state index is 13.3.